The summed E-state index contributed by atoms with van der Waals surface area (Å²) in [6.07, 6.45) is 0. The fourth-order valence-corrected chi connectivity index (χ4v) is 2.68. The molecule has 0 amide bonds. The summed E-state index contributed by atoms with van der Waals surface area (Å²) in [7, 11) is 0. The molecule has 78 valence electrons. The highest BCUT2D eigenvalue weighted by Gasteiger charge is 2.08. The molecule has 0 fully saturated rings. The summed E-state index contributed by atoms with van der Waals surface area (Å²) in [5.41, 5.74) is -0.123. The van der Waals surface area contributed by atoms with Crippen molar-refractivity contribution >= 4 is 39.0 Å². The quantitative estimate of drug-likeness (QED) is 0.809. The third-order valence-electron chi connectivity index (χ3n) is 1.98. The van der Waals surface area contributed by atoms with Gasteiger partial charge in [0.2, 0.25) is 0 Å². The Morgan fingerprint density at radius 1 is 1.53 bits per heavy atom. The Morgan fingerprint density at radius 2 is 2.27 bits per heavy atom. The van der Waals surface area contributed by atoms with Gasteiger partial charge in [0.15, 0.2) is 5.78 Å². The summed E-state index contributed by atoms with van der Waals surface area (Å²) < 4.78 is 2.26. The first kappa shape index (κ1) is 10.4. The third kappa shape index (κ3) is 1.96. The molecule has 0 unspecified atom stereocenters. The summed E-state index contributed by atoms with van der Waals surface area (Å²) in [6, 6.07) is 5.10. The number of rotatable bonds is 2. The highest BCUT2D eigenvalue weighted by atomic mass is 35.5. The van der Waals surface area contributed by atoms with Crippen molar-refractivity contribution in [3.05, 3.63) is 33.6 Å². The van der Waals surface area contributed by atoms with E-state index in [2.05, 4.69) is 0 Å². The third-order valence-corrected chi connectivity index (χ3v) is 3.26. The van der Waals surface area contributed by atoms with Crippen molar-refractivity contribution in [3.63, 3.8) is 0 Å². The van der Waals surface area contributed by atoms with E-state index < -0.39 is 0 Å². The van der Waals surface area contributed by atoms with E-state index in [-0.39, 0.29) is 17.9 Å². The first-order valence-electron chi connectivity index (χ1n) is 4.37. The van der Waals surface area contributed by atoms with E-state index in [1.165, 1.54) is 22.4 Å². The van der Waals surface area contributed by atoms with E-state index in [4.69, 9.17) is 11.6 Å². The molecule has 0 aliphatic carbocycles. The van der Waals surface area contributed by atoms with Gasteiger partial charge in [-0.15, -0.1) is 0 Å². The molecule has 1 aromatic carbocycles. The predicted octanol–water partition coefficient (Wildman–Crippen LogP) is 2.31. The number of carbonyl (C=O) groups is 1. The van der Waals surface area contributed by atoms with Crippen molar-refractivity contribution < 1.29 is 4.79 Å². The van der Waals surface area contributed by atoms with E-state index in [1.807, 2.05) is 0 Å². The Kier molecular flexibility index (Phi) is 2.63. The lowest BCUT2D eigenvalue weighted by atomic mass is 10.3. The van der Waals surface area contributed by atoms with Crippen LogP contribution < -0.4 is 5.56 Å². The van der Waals surface area contributed by atoms with E-state index in [1.54, 1.807) is 18.2 Å². The summed E-state index contributed by atoms with van der Waals surface area (Å²) in [5, 5.41) is 1.21. The molecule has 1 aromatic heterocycles. The number of Topliss-reactive ketones (excluding diaryl/α,β-unsaturated/α-hetero) is 1. The topological polar surface area (TPSA) is 39.1 Å². The van der Waals surface area contributed by atoms with Gasteiger partial charge in [-0.25, -0.2) is 0 Å². The lowest BCUT2D eigenvalue weighted by molar-refractivity contribution is -0.117. The predicted molar refractivity (Wildman–Crippen MR) is 61.8 cm³/mol. The smallest absolute Gasteiger partial charge is 0.268 e. The molecular formula is C10H8ClNO2S. The number of ketones is 1. The highest BCUT2D eigenvalue weighted by molar-refractivity contribution is 7.13. The first-order valence-corrected chi connectivity index (χ1v) is 5.52. The molecule has 0 spiro atoms. The molecule has 0 N–H and O–H groups in total. The van der Waals surface area contributed by atoms with Crippen LogP contribution in [0.5, 0.6) is 0 Å². The number of hydrogen-bond acceptors (Lipinski definition) is 3. The fourth-order valence-electron chi connectivity index (χ4n) is 1.35. The van der Waals surface area contributed by atoms with Gasteiger partial charge < -0.3 is 0 Å². The van der Waals surface area contributed by atoms with Crippen LogP contribution in [0.15, 0.2) is 23.0 Å². The summed E-state index contributed by atoms with van der Waals surface area (Å²) in [6.45, 7) is 1.60. The van der Waals surface area contributed by atoms with Crippen LogP contribution in [0.25, 0.3) is 10.1 Å². The molecule has 1 heterocycles. The molecule has 2 aromatic rings. The Bertz CT molecular complexity index is 585. The number of aromatic nitrogens is 1. The molecule has 0 bridgehead atoms. The fraction of sp³-hybridized carbons (Fsp3) is 0.200. The SMILES string of the molecule is CC(=O)Cn1sc2cc(Cl)ccc2c1=O. The van der Waals surface area contributed by atoms with Crippen LogP contribution in [-0.4, -0.2) is 9.74 Å². The van der Waals surface area contributed by atoms with E-state index in [0.29, 0.717) is 10.4 Å². The summed E-state index contributed by atoms with van der Waals surface area (Å²) >= 11 is 7.08. The normalized spacial score (nSPS) is 10.8. The van der Waals surface area contributed by atoms with Crippen molar-refractivity contribution in [1.29, 1.82) is 0 Å². The van der Waals surface area contributed by atoms with Crippen LogP contribution in [0.3, 0.4) is 0 Å². The Morgan fingerprint density at radius 3 is 2.93 bits per heavy atom. The average molecular weight is 242 g/mol. The summed E-state index contributed by atoms with van der Waals surface area (Å²) in [4.78, 5) is 22.7. The zero-order valence-corrected chi connectivity index (χ0v) is 9.56. The van der Waals surface area contributed by atoms with Crippen LogP contribution in [-0.2, 0) is 11.3 Å². The van der Waals surface area contributed by atoms with Crippen LogP contribution >= 0.6 is 23.1 Å². The number of benzene rings is 1. The number of fused-ring (bicyclic) bond motifs is 1. The highest BCUT2D eigenvalue weighted by Crippen LogP contribution is 2.21. The van der Waals surface area contributed by atoms with Gasteiger partial charge in [-0.3, -0.25) is 13.5 Å². The molecular weight excluding hydrogens is 234 g/mol. The number of hydrogen-bond donors (Lipinski definition) is 0. The maximum absolute atomic E-state index is 11.8. The zero-order chi connectivity index (χ0) is 11.0. The van der Waals surface area contributed by atoms with Crippen LogP contribution in [0.4, 0.5) is 0 Å². The molecule has 0 atom stereocenters. The minimum Gasteiger partial charge on any atom is -0.298 e. The van der Waals surface area contributed by atoms with Gasteiger partial charge in [0.1, 0.15) is 0 Å². The van der Waals surface area contributed by atoms with E-state index in [0.717, 1.165) is 4.70 Å². The number of halogens is 1. The van der Waals surface area contributed by atoms with Gasteiger partial charge in [-0.2, -0.15) is 0 Å². The van der Waals surface area contributed by atoms with Gasteiger partial charge in [-0.1, -0.05) is 23.1 Å². The minimum atomic E-state index is -0.123. The number of nitrogens with zero attached hydrogens (tertiary/aromatic N) is 1. The average Bonchev–Trinajstić information content (AvgIpc) is 2.42. The van der Waals surface area contributed by atoms with Crippen molar-refractivity contribution in [2.24, 2.45) is 0 Å². The largest absolute Gasteiger partial charge is 0.298 e. The standard InChI is InChI=1S/C10H8ClNO2S/c1-6(13)5-12-10(14)8-3-2-7(11)4-9(8)15-12/h2-4H,5H2,1H3. The molecule has 0 saturated carbocycles. The second-order valence-electron chi connectivity index (χ2n) is 3.28. The molecule has 0 aliphatic heterocycles. The second kappa shape index (κ2) is 3.79. The molecule has 0 radical (unpaired) electrons. The maximum Gasteiger partial charge on any atom is 0.268 e. The second-order valence-corrected chi connectivity index (χ2v) is 4.78. The van der Waals surface area contributed by atoms with Gasteiger partial charge in [0.05, 0.1) is 16.6 Å². The minimum absolute atomic E-state index is 0.0326. The molecule has 2 rings (SSSR count). The molecule has 0 aliphatic rings. The van der Waals surface area contributed by atoms with Crippen molar-refractivity contribution in [2.75, 3.05) is 0 Å². The Labute approximate surface area is 95.0 Å². The number of carbonyl (C=O) groups excluding carboxylic acids is 1. The van der Waals surface area contributed by atoms with Gasteiger partial charge in [-0.05, 0) is 25.1 Å². The van der Waals surface area contributed by atoms with E-state index in [9.17, 15) is 9.59 Å². The Hall–Kier alpha value is -1.13. The van der Waals surface area contributed by atoms with Crippen molar-refractivity contribution in [2.45, 2.75) is 13.5 Å². The Balaban J connectivity index is 2.64. The van der Waals surface area contributed by atoms with Crippen molar-refractivity contribution in [3.8, 4) is 0 Å². The summed E-state index contributed by atoms with van der Waals surface area (Å²) in [5.74, 6) is -0.0326. The monoisotopic (exact) mass is 241 g/mol. The van der Waals surface area contributed by atoms with Crippen LogP contribution in [0.2, 0.25) is 5.02 Å². The van der Waals surface area contributed by atoms with Gasteiger partial charge in [0.25, 0.3) is 5.56 Å². The van der Waals surface area contributed by atoms with Crippen LogP contribution in [0, 0.1) is 0 Å². The van der Waals surface area contributed by atoms with Gasteiger partial charge >= 0.3 is 0 Å². The molecule has 3 nitrogen and oxygen atoms in total. The first-order chi connectivity index (χ1) is 7.08. The van der Waals surface area contributed by atoms with Gasteiger partial charge in [0, 0.05) is 5.02 Å². The lowest BCUT2D eigenvalue weighted by Crippen LogP contribution is -2.16. The molecule has 0 saturated heterocycles. The van der Waals surface area contributed by atoms with E-state index >= 15 is 0 Å². The zero-order valence-electron chi connectivity index (χ0n) is 7.99. The molecule has 15 heavy (non-hydrogen) atoms. The van der Waals surface area contributed by atoms with Crippen molar-refractivity contribution in [1.82, 2.24) is 3.96 Å². The maximum atomic E-state index is 11.8. The lowest BCUT2D eigenvalue weighted by Gasteiger charge is -1.92. The molecule has 5 heteroatoms. The van der Waals surface area contributed by atoms with Crippen LogP contribution in [0.1, 0.15) is 6.92 Å².